The number of aryl methyl sites for hydroxylation is 2. The number of anilines is 3. The molecule has 9 aromatic carbocycles. The average molecular weight is 816 g/mol. The Bertz CT molecular complexity index is 3190. The van der Waals surface area contributed by atoms with E-state index >= 15 is 0 Å². The third-order valence-corrected chi connectivity index (χ3v) is 14.4. The zero-order valence-corrected chi connectivity index (χ0v) is 38.1. The summed E-state index contributed by atoms with van der Waals surface area (Å²) in [7, 11) is 0. The van der Waals surface area contributed by atoms with Crippen molar-refractivity contribution in [2.75, 3.05) is 4.90 Å². The van der Waals surface area contributed by atoms with Crippen LogP contribution in [0.3, 0.4) is 0 Å². The second-order valence-corrected chi connectivity index (χ2v) is 19.1. The molecule has 11 rings (SSSR count). The second kappa shape index (κ2) is 15.6. The van der Waals surface area contributed by atoms with Crippen molar-refractivity contribution in [3.05, 3.63) is 221 Å². The smallest absolute Gasteiger partial charge is 0.0468 e. The van der Waals surface area contributed by atoms with Crippen LogP contribution in [0.15, 0.2) is 182 Å². The summed E-state index contributed by atoms with van der Waals surface area (Å²) < 4.78 is 0. The van der Waals surface area contributed by atoms with E-state index < -0.39 is 0 Å². The van der Waals surface area contributed by atoms with E-state index in [4.69, 9.17) is 0 Å². The van der Waals surface area contributed by atoms with Crippen molar-refractivity contribution in [3.8, 4) is 33.4 Å². The Balaban J connectivity index is 0.000000616. The van der Waals surface area contributed by atoms with Crippen LogP contribution in [-0.4, -0.2) is 0 Å². The fraction of sp³-hybridized carbons (Fsp3) is 0.194. The minimum absolute atomic E-state index is 0.0915. The van der Waals surface area contributed by atoms with Gasteiger partial charge in [0.15, 0.2) is 0 Å². The van der Waals surface area contributed by atoms with Crippen molar-refractivity contribution in [2.45, 2.75) is 78.6 Å². The van der Waals surface area contributed by atoms with Crippen LogP contribution < -0.4 is 4.90 Å². The Morgan fingerprint density at radius 3 is 1.59 bits per heavy atom. The van der Waals surface area contributed by atoms with Crippen LogP contribution >= 0.6 is 0 Å². The fourth-order valence-electron chi connectivity index (χ4n) is 10.7. The highest BCUT2D eigenvalue weighted by Crippen LogP contribution is 2.56. The maximum Gasteiger partial charge on any atom is 0.0468 e. The van der Waals surface area contributed by atoms with E-state index in [0.29, 0.717) is 5.92 Å². The summed E-state index contributed by atoms with van der Waals surface area (Å²) in [5, 5.41) is 5.14. The molecule has 9 aromatic rings. The summed E-state index contributed by atoms with van der Waals surface area (Å²) in [6.07, 6.45) is 1.09. The number of fused-ring (bicyclic) bond motifs is 8. The molecular formula is C62H57N. The van der Waals surface area contributed by atoms with Gasteiger partial charge in [0.25, 0.3) is 0 Å². The van der Waals surface area contributed by atoms with Gasteiger partial charge in [-0.2, -0.15) is 0 Å². The van der Waals surface area contributed by atoms with Gasteiger partial charge in [-0.05, 0) is 175 Å². The number of rotatable bonds is 6. The maximum atomic E-state index is 2.48. The van der Waals surface area contributed by atoms with Crippen LogP contribution in [0, 0.1) is 13.8 Å². The lowest BCUT2D eigenvalue weighted by molar-refractivity contribution is 0.658. The Morgan fingerprint density at radius 2 is 0.937 bits per heavy atom. The van der Waals surface area contributed by atoms with E-state index in [2.05, 4.69) is 224 Å². The quantitative estimate of drug-likeness (QED) is 0.162. The first-order valence-corrected chi connectivity index (χ1v) is 22.8. The lowest BCUT2D eigenvalue weighted by Gasteiger charge is -2.28. The predicted octanol–water partition coefficient (Wildman–Crippen LogP) is 17.6. The number of benzene rings is 9. The van der Waals surface area contributed by atoms with Gasteiger partial charge in [-0.15, -0.1) is 0 Å². The Hall–Kier alpha value is -6.70. The maximum absolute atomic E-state index is 2.48. The highest BCUT2D eigenvalue weighted by Gasteiger charge is 2.39. The summed E-state index contributed by atoms with van der Waals surface area (Å²) in [5.41, 5.74) is 21.3. The van der Waals surface area contributed by atoms with Gasteiger partial charge >= 0.3 is 0 Å². The largest absolute Gasteiger partial charge is 0.310 e. The second-order valence-electron chi connectivity index (χ2n) is 19.1. The van der Waals surface area contributed by atoms with E-state index in [1.165, 1.54) is 99.6 Å². The van der Waals surface area contributed by atoms with Crippen LogP contribution in [0.2, 0.25) is 0 Å². The molecule has 0 heterocycles. The third kappa shape index (κ3) is 6.77. The SMILES string of the molecule is CC[C@@H](C)c1c(-c2ccccc2C)ccc2c1-c1ccc(N(c3ccccc3)c3ccc4cc5c(cc4c3)C(C)(C)c3cc4ccccc4cc3-5)cc1C2(C)C.Cc1ccccc1. The normalized spacial score (nSPS) is 14.3. The molecule has 0 radical (unpaired) electrons. The number of hydrogen-bond donors (Lipinski definition) is 0. The van der Waals surface area contributed by atoms with Gasteiger partial charge in [-0.25, -0.2) is 0 Å². The van der Waals surface area contributed by atoms with Crippen LogP contribution in [-0.2, 0) is 10.8 Å². The molecule has 0 spiro atoms. The lowest BCUT2D eigenvalue weighted by Crippen LogP contribution is -2.17. The van der Waals surface area contributed by atoms with Gasteiger partial charge in [0, 0.05) is 27.9 Å². The van der Waals surface area contributed by atoms with Crippen molar-refractivity contribution in [1.82, 2.24) is 0 Å². The minimum atomic E-state index is -0.148. The Morgan fingerprint density at radius 1 is 0.413 bits per heavy atom. The summed E-state index contributed by atoms with van der Waals surface area (Å²) >= 11 is 0. The highest BCUT2D eigenvalue weighted by molar-refractivity contribution is 6.00. The molecule has 63 heavy (non-hydrogen) atoms. The first-order chi connectivity index (χ1) is 30.4. The van der Waals surface area contributed by atoms with Crippen molar-refractivity contribution >= 4 is 38.6 Å². The summed E-state index contributed by atoms with van der Waals surface area (Å²) in [6.45, 7) is 18.7. The van der Waals surface area contributed by atoms with Crippen LogP contribution in [0.25, 0.3) is 54.9 Å². The summed E-state index contributed by atoms with van der Waals surface area (Å²) in [4.78, 5) is 2.45. The van der Waals surface area contributed by atoms with E-state index in [1.807, 2.05) is 18.2 Å². The average Bonchev–Trinajstić information content (AvgIpc) is 3.66. The molecule has 310 valence electrons. The van der Waals surface area contributed by atoms with Crippen LogP contribution in [0.4, 0.5) is 17.1 Å². The number of nitrogens with zero attached hydrogens (tertiary/aromatic N) is 1. The topological polar surface area (TPSA) is 3.24 Å². The van der Waals surface area contributed by atoms with Gasteiger partial charge in [-0.3, -0.25) is 0 Å². The molecule has 0 unspecified atom stereocenters. The monoisotopic (exact) mass is 815 g/mol. The molecule has 0 N–H and O–H groups in total. The van der Waals surface area contributed by atoms with E-state index in [0.717, 1.165) is 17.8 Å². The molecule has 0 amide bonds. The summed E-state index contributed by atoms with van der Waals surface area (Å²) in [6, 6.07) is 67.6. The van der Waals surface area contributed by atoms with Crippen molar-refractivity contribution < 1.29 is 0 Å². The molecular weight excluding hydrogens is 759 g/mol. The van der Waals surface area contributed by atoms with Crippen molar-refractivity contribution in [3.63, 3.8) is 0 Å². The van der Waals surface area contributed by atoms with Gasteiger partial charge in [0.05, 0.1) is 0 Å². The molecule has 1 heteroatoms. The number of para-hydroxylation sites is 1. The molecule has 0 saturated carbocycles. The van der Waals surface area contributed by atoms with Gasteiger partial charge in [0.1, 0.15) is 0 Å². The van der Waals surface area contributed by atoms with E-state index in [1.54, 1.807) is 0 Å². The van der Waals surface area contributed by atoms with Crippen molar-refractivity contribution in [1.29, 1.82) is 0 Å². The number of hydrogen-bond acceptors (Lipinski definition) is 1. The third-order valence-electron chi connectivity index (χ3n) is 14.4. The van der Waals surface area contributed by atoms with Gasteiger partial charge < -0.3 is 4.90 Å². The molecule has 0 aromatic heterocycles. The first kappa shape index (κ1) is 40.4. The molecule has 0 aliphatic heterocycles. The molecule has 2 aliphatic carbocycles. The highest BCUT2D eigenvalue weighted by atomic mass is 15.1. The zero-order chi connectivity index (χ0) is 43.6. The predicted molar refractivity (Wildman–Crippen MR) is 271 cm³/mol. The lowest BCUT2D eigenvalue weighted by atomic mass is 9.79. The molecule has 0 fully saturated rings. The van der Waals surface area contributed by atoms with Crippen LogP contribution in [0.1, 0.15) is 92.8 Å². The summed E-state index contributed by atoms with van der Waals surface area (Å²) in [5.74, 6) is 0.428. The van der Waals surface area contributed by atoms with Gasteiger partial charge in [0.2, 0.25) is 0 Å². The molecule has 2 aliphatic rings. The van der Waals surface area contributed by atoms with Crippen LogP contribution in [0.5, 0.6) is 0 Å². The fourth-order valence-corrected chi connectivity index (χ4v) is 10.7. The molecule has 1 atom stereocenters. The molecule has 0 saturated heterocycles. The Labute approximate surface area is 374 Å². The Kier molecular flexibility index (Phi) is 9.99. The minimum Gasteiger partial charge on any atom is -0.310 e. The first-order valence-electron chi connectivity index (χ1n) is 22.8. The molecule has 0 bridgehead atoms. The zero-order valence-electron chi connectivity index (χ0n) is 38.1. The van der Waals surface area contributed by atoms with Crippen molar-refractivity contribution in [2.24, 2.45) is 0 Å². The standard InChI is InChI=1S/C55H49N.C7H8/c1-8-34(2)52-44(43-21-15-12-16-35(43)3)26-27-48-53(52)45-25-24-42(33-51(45)54(48,4)5)56(40-19-10-9-11-20-40)41-23-22-38-30-47-46-29-36-17-13-14-18-37(36)31-49(46)55(6,7)50(47)32-39(38)28-41;1-7-5-3-2-4-6-7/h9-34H,8H2,1-7H3;2-6H,1H3/t34-;/m1./s1. The van der Waals surface area contributed by atoms with E-state index in [9.17, 15) is 0 Å². The molecule has 1 nitrogen and oxygen atoms in total. The van der Waals surface area contributed by atoms with E-state index in [-0.39, 0.29) is 10.8 Å². The van der Waals surface area contributed by atoms with Gasteiger partial charge in [-0.1, -0.05) is 168 Å².